The molecule has 1 aliphatic rings. The van der Waals surface area contributed by atoms with Crippen molar-refractivity contribution in [3.05, 3.63) is 40.6 Å². The summed E-state index contributed by atoms with van der Waals surface area (Å²) < 4.78 is 32.3. The van der Waals surface area contributed by atoms with Crippen LogP contribution in [0.4, 0.5) is 0 Å². The summed E-state index contributed by atoms with van der Waals surface area (Å²) in [6, 6.07) is 6.59. The van der Waals surface area contributed by atoms with E-state index in [1.807, 2.05) is 0 Å². The molecule has 0 unspecified atom stereocenters. The molecule has 0 radical (unpaired) electrons. The molecule has 0 amide bonds. The molecule has 0 spiro atoms. The Morgan fingerprint density at radius 2 is 1.71 bits per heavy atom. The van der Waals surface area contributed by atoms with Crippen LogP contribution in [0.5, 0.6) is 28.7 Å². The van der Waals surface area contributed by atoms with Gasteiger partial charge < -0.3 is 53.6 Å². The molecule has 204 valence electrons. The third-order valence-electron chi connectivity index (χ3n) is 5.94. The maximum absolute atomic E-state index is 13.6. The highest BCUT2D eigenvalue weighted by molar-refractivity contribution is 5.88. The fourth-order valence-electron chi connectivity index (χ4n) is 3.96. The van der Waals surface area contributed by atoms with Gasteiger partial charge in [-0.3, -0.25) is 9.59 Å². The average Bonchev–Trinajstić information content (AvgIpc) is 2.89. The zero-order valence-electron chi connectivity index (χ0n) is 20.5. The van der Waals surface area contributed by atoms with Gasteiger partial charge in [0.1, 0.15) is 53.5 Å². The fraction of sp³-hybridized carbons (Fsp3) is 0.360. The Labute approximate surface area is 214 Å². The molecule has 1 aromatic heterocycles. The smallest absolute Gasteiger partial charge is 0.302 e. The lowest BCUT2D eigenvalue weighted by atomic mass is 9.99. The number of aromatic hydroxyl groups is 2. The highest BCUT2D eigenvalue weighted by Crippen LogP contribution is 2.39. The molecule has 0 saturated carbocycles. The molecule has 38 heavy (non-hydrogen) atoms. The molecule has 1 fully saturated rings. The molecule has 1 aliphatic heterocycles. The first kappa shape index (κ1) is 27.0. The van der Waals surface area contributed by atoms with Crippen molar-refractivity contribution in [1.82, 2.24) is 0 Å². The van der Waals surface area contributed by atoms with Gasteiger partial charge in [-0.1, -0.05) is 0 Å². The number of hydrogen-bond donors (Lipinski definition) is 5. The lowest BCUT2D eigenvalue weighted by molar-refractivity contribution is -0.278. The molecule has 2 aromatic carbocycles. The van der Waals surface area contributed by atoms with E-state index in [0.29, 0.717) is 0 Å². The predicted molar refractivity (Wildman–Crippen MR) is 128 cm³/mol. The minimum absolute atomic E-state index is 0.0404. The summed E-state index contributed by atoms with van der Waals surface area (Å²) in [6.45, 7) is 0.656. The Bertz CT molecular complexity index is 1400. The Kier molecular flexibility index (Phi) is 7.64. The van der Waals surface area contributed by atoms with Crippen LogP contribution in [-0.4, -0.2) is 83.0 Å². The molecule has 5 N–H and O–H groups in total. The number of hydrogen-bond acceptors (Lipinski definition) is 13. The number of phenolic OH excluding ortho intramolecular Hbond substituents is 2. The van der Waals surface area contributed by atoms with Crippen molar-refractivity contribution in [1.29, 1.82) is 0 Å². The average molecular weight is 534 g/mol. The third-order valence-corrected chi connectivity index (χ3v) is 5.94. The highest BCUT2D eigenvalue weighted by atomic mass is 16.7. The van der Waals surface area contributed by atoms with E-state index in [2.05, 4.69) is 0 Å². The molecule has 3 aromatic rings. The Morgan fingerprint density at radius 1 is 0.974 bits per heavy atom. The number of phenols is 2. The van der Waals surface area contributed by atoms with Gasteiger partial charge in [0.25, 0.3) is 0 Å². The lowest BCUT2D eigenvalue weighted by Crippen LogP contribution is -2.60. The number of aliphatic hydroxyl groups excluding tert-OH is 3. The number of carbonyl (C=O) groups excluding carboxylic acids is 1. The van der Waals surface area contributed by atoms with E-state index in [-0.39, 0.29) is 39.5 Å². The van der Waals surface area contributed by atoms with E-state index >= 15 is 0 Å². The topological polar surface area (TPSA) is 195 Å². The molecule has 1 saturated heterocycles. The van der Waals surface area contributed by atoms with E-state index < -0.39 is 60.2 Å². The van der Waals surface area contributed by atoms with Crippen LogP contribution in [0.1, 0.15) is 6.92 Å². The van der Waals surface area contributed by atoms with Gasteiger partial charge >= 0.3 is 5.97 Å². The maximum atomic E-state index is 13.6. The normalized spacial score (nSPS) is 23.2. The van der Waals surface area contributed by atoms with E-state index in [4.69, 9.17) is 28.1 Å². The van der Waals surface area contributed by atoms with E-state index in [9.17, 15) is 35.1 Å². The second-order valence-electron chi connectivity index (χ2n) is 8.43. The maximum Gasteiger partial charge on any atom is 0.302 e. The van der Waals surface area contributed by atoms with Crippen molar-refractivity contribution in [2.75, 3.05) is 20.8 Å². The van der Waals surface area contributed by atoms with Gasteiger partial charge in [-0.05, 0) is 18.2 Å². The minimum atomic E-state index is -1.85. The SMILES string of the molecule is COc1cc(O)c2c(=O)c(O[C@H]3O[C@H](COC(C)=O)[C@H](O)[C@@H](O)[C@H]3O)c(-c3ccc(O)c(OC)c3)oc2c1. The first-order valence-corrected chi connectivity index (χ1v) is 11.3. The van der Waals surface area contributed by atoms with Crippen molar-refractivity contribution >= 4 is 16.9 Å². The second kappa shape index (κ2) is 10.8. The molecule has 13 nitrogen and oxygen atoms in total. The van der Waals surface area contributed by atoms with Crippen LogP contribution in [0, 0.1) is 0 Å². The van der Waals surface area contributed by atoms with Crippen LogP contribution < -0.4 is 19.6 Å². The lowest BCUT2D eigenvalue weighted by Gasteiger charge is -2.39. The summed E-state index contributed by atoms with van der Waals surface area (Å²) in [7, 11) is 2.67. The molecule has 4 rings (SSSR count). The highest BCUT2D eigenvalue weighted by Gasteiger charge is 2.46. The van der Waals surface area contributed by atoms with Crippen molar-refractivity contribution in [2.24, 2.45) is 0 Å². The van der Waals surface area contributed by atoms with Gasteiger partial charge in [-0.25, -0.2) is 0 Å². The van der Waals surface area contributed by atoms with Crippen LogP contribution in [0.3, 0.4) is 0 Å². The van der Waals surface area contributed by atoms with Crippen molar-refractivity contribution in [3.8, 4) is 40.1 Å². The first-order valence-electron chi connectivity index (χ1n) is 11.3. The monoisotopic (exact) mass is 534 g/mol. The third kappa shape index (κ3) is 5.04. The molecule has 13 heteroatoms. The number of esters is 1. The van der Waals surface area contributed by atoms with Gasteiger partial charge in [0, 0.05) is 24.6 Å². The fourth-order valence-corrected chi connectivity index (χ4v) is 3.96. The van der Waals surface area contributed by atoms with Gasteiger partial charge in [0.2, 0.25) is 17.5 Å². The van der Waals surface area contributed by atoms with E-state index in [1.54, 1.807) is 0 Å². The van der Waals surface area contributed by atoms with Crippen molar-refractivity contribution in [3.63, 3.8) is 0 Å². The molecular weight excluding hydrogens is 508 g/mol. The number of aliphatic hydroxyl groups is 3. The second-order valence-corrected chi connectivity index (χ2v) is 8.43. The summed E-state index contributed by atoms with van der Waals surface area (Å²) in [5, 5.41) is 51.4. The van der Waals surface area contributed by atoms with Crippen molar-refractivity contribution in [2.45, 2.75) is 37.6 Å². The van der Waals surface area contributed by atoms with Crippen LogP contribution >= 0.6 is 0 Å². The largest absolute Gasteiger partial charge is 0.507 e. The molecule has 0 aliphatic carbocycles. The Morgan fingerprint density at radius 3 is 2.37 bits per heavy atom. The first-order chi connectivity index (χ1) is 18.0. The van der Waals surface area contributed by atoms with E-state index in [0.717, 1.165) is 6.92 Å². The number of fused-ring (bicyclic) bond motifs is 1. The number of rotatable bonds is 7. The zero-order valence-corrected chi connectivity index (χ0v) is 20.5. The summed E-state index contributed by atoms with van der Waals surface area (Å²) >= 11 is 0. The summed E-state index contributed by atoms with van der Waals surface area (Å²) in [6.07, 6.45) is -8.34. The van der Waals surface area contributed by atoms with Crippen LogP contribution in [-0.2, 0) is 14.3 Å². The molecule has 5 atom stereocenters. The van der Waals surface area contributed by atoms with Crippen LogP contribution in [0.25, 0.3) is 22.3 Å². The number of methoxy groups -OCH3 is 2. The molecule has 2 heterocycles. The van der Waals surface area contributed by atoms with Crippen LogP contribution in [0.2, 0.25) is 0 Å². The zero-order chi connectivity index (χ0) is 27.7. The van der Waals surface area contributed by atoms with Gasteiger partial charge in [0.05, 0.1) is 14.2 Å². The van der Waals surface area contributed by atoms with Crippen LogP contribution in [0.15, 0.2) is 39.5 Å². The van der Waals surface area contributed by atoms with Gasteiger partial charge in [0.15, 0.2) is 17.3 Å². The molecule has 0 bridgehead atoms. The van der Waals surface area contributed by atoms with Crippen molar-refractivity contribution < 1.29 is 58.4 Å². The summed E-state index contributed by atoms with van der Waals surface area (Å²) in [5.74, 6) is -1.87. The number of benzene rings is 2. The van der Waals surface area contributed by atoms with Gasteiger partial charge in [-0.2, -0.15) is 0 Å². The Balaban J connectivity index is 1.86. The van der Waals surface area contributed by atoms with E-state index in [1.165, 1.54) is 44.6 Å². The molecular formula is C25H26O13. The Hall–Kier alpha value is -4.04. The summed E-state index contributed by atoms with van der Waals surface area (Å²) in [5.41, 5.74) is -0.755. The number of carbonyl (C=O) groups is 1. The quantitative estimate of drug-likeness (QED) is 0.265. The number of ether oxygens (including phenoxy) is 5. The van der Waals surface area contributed by atoms with Gasteiger partial charge in [-0.15, -0.1) is 0 Å². The minimum Gasteiger partial charge on any atom is -0.507 e. The summed E-state index contributed by atoms with van der Waals surface area (Å²) in [4.78, 5) is 24.8. The predicted octanol–water partition coefficient (Wildman–Crippen LogP) is 0.638. The standard InChI is InChI=1S/C25H26O13/c1-10(26)35-9-17-19(29)21(31)22(32)25(37-17)38-24-20(30)18-14(28)7-12(33-2)8-16(18)36-23(24)11-4-5-13(27)15(6-11)34-3/h4-8,17,19,21-22,25,27-29,31-32H,9H2,1-3H3/t17-,19+,21-,22-,25-/m1/s1.